The summed E-state index contributed by atoms with van der Waals surface area (Å²) in [5.41, 5.74) is 0.961. The number of nitrogens with one attached hydrogen (secondary N) is 2. The Labute approximate surface area is 117 Å². The minimum Gasteiger partial charge on any atom is -0.550 e. The summed E-state index contributed by atoms with van der Waals surface area (Å²) in [6, 6.07) is 6.94. The van der Waals surface area contributed by atoms with Crippen molar-refractivity contribution in [2.75, 3.05) is 20.2 Å². The summed E-state index contributed by atoms with van der Waals surface area (Å²) in [5.74, 6) is -0.687. The van der Waals surface area contributed by atoms with Crippen LogP contribution in [0.4, 0.5) is 0 Å². The predicted molar refractivity (Wildman–Crippen MR) is 68.9 cm³/mol. The van der Waals surface area contributed by atoms with Crippen LogP contribution in [0.3, 0.4) is 0 Å². The lowest BCUT2D eigenvalue weighted by Crippen LogP contribution is -3.18. The molecule has 1 fully saturated rings. The van der Waals surface area contributed by atoms with E-state index in [1.807, 2.05) is 24.3 Å². The fourth-order valence-corrected chi connectivity index (χ4v) is 2.54. The van der Waals surface area contributed by atoms with Crippen LogP contribution in [-0.4, -0.2) is 38.1 Å². The number of quaternary nitrogens is 1. The average molecular weight is 278 g/mol. The molecule has 2 rings (SSSR count). The lowest BCUT2D eigenvalue weighted by atomic mass is 10.1. The molecule has 1 aromatic rings. The lowest BCUT2D eigenvalue weighted by Gasteiger charge is -2.32. The summed E-state index contributed by atoms with van der Waals surface area (Å²) in [7, 11) is 1.59. The van der Waals surface area contributed by atoms with Crippen LogP contribution in [0.15, 0.2) is 24.3 Å². The van der Waals surface area contributed by atoms with E-state index in [9.17, 15) is 14.7 Å². The van der Waals surface area contributed by atoms with Gasteiger partial charge in [0.1, 0.15) is 12.3 Å². The van der Waals surface area contributed by atoms with Gasteiger partial charge in [-0.2, -0.15) is 0 Å². The molecule has 1 aliphatic rings. The zero-order valence-electron chi connectivity index (χ0n) is 11.3. The molecule has 1 aliphatic heterocycles. The number of carboxylic acids is 1. The molecular formula is C14H18N2O4. The second-order valence-electron chi connectivity index (χ2n) is 4.82. The average Bonchev–Trinajstić information content (AvgIpc) is 2.43. The summed E-state index contributed by atoms with van der Waals surface area (Å²) < 4.78 is 5.29. The van der Waals surface area contributed by atoms with Gasteiger partial charge in [-0.25, -0.2) is 0 Å². The first-order valence-corrected chi connectivity index (χ1v) is 6.56. The number of aliphatic carboxylic acids is 1. The van der Waals surface area contributed by atoms with Crippen molar-refractivity contribution in [3.05, 3.63) is 29.8 Å². The van der Waals surface area contributed by atoms with Crippen LogP contribution < -0.4 is 20.1 Å². The molecule has 0 bridgehead atoms. The standard InChI is InChI=1S/C14H18N2O4/c1-20-12-5-3-2-4-10(12)9-16-7-6-15-14(19)11(16)8-13(17)18/h2-5,11H,6-9H2,1H3,(H,15,19)(H,17,18)/t11-/m1/s1. The molecule has 2 atom stereocenters. The van der Waals surface area contributed by atoms with Crippen molar-refractivity contribution >= 4 is 11.9 Å². The van der Waals surface area contributed by atoms with Gasteiger partial charge in [0.25, 0.3) is 5.91 Å². The van der Waals surface area contributed by atoms with Crippen LogP contribution in [-0.2, 0) is 16.1 Å². The van der Waals surface area contributed by atoms with Gasteiger partial charge in [0.2, 0.25) is 0 Å². The minimum atomic E-state index is -1.20. The van der Waals surface area contributed by atoms with Gasteiger partial charge in [-0.15, -0.1) is 0 Å². The number of piperazine rings is 1. The van der Waals surface area contributed by atoms with Gasteiger partial charge in [-0.1, -0.05) is 12.1 Å². The molecule has 0 saturated carbocycles. The molecule has 1 saturated heterocycles. The molecule has 0 aliphatic carbocycles. The van der Waals surface area contributed by atoms with E-state index in [1.165, 1.54) is 0 Å². The van der Waals surface area contributed by atoms with E-state index >= 15 is 0 Å². The summed E-state index contributed by atoms with van der Waals surface area (Å²) in [4.78, 5) is 23.6. The van der Waals surface area contributed by atoms with Crippen LogP contribution in [0.5, 0.6) is 5.75 Å². The SMILES string of the molecule is COc1ccccc1C[NH+]1CCNC(=O)[C@H]1CC(=O)[O-]. The number of carboxylic acid groups (broad SMARTS) is 1. The van der Waals surface area contributed by atoms with Crippen LogP contribution in [0.1, 0.15) is 12.0 Å². The summed E-state index contributed by atoms with van der Waals surface area (Å²) in [6.07, 6.45) is -0.268. The molecule has 1 heterocycles. The van der Waals surface area contributed by atoms with Gasteiger partial charge >= 0.3 is 0 Å². The Morgan fingerprint density at radius 3 is 2.95 bits per heavy atom. The molecule has 0 spiro atoms. The number of rotatable bonds is 5. The fourth-order valence-electron chi connectivity index (χ4n) is 2.54. The van der Waals surface area contributed by atoms with Gasteiger partial charge in [-0.3, -0.25) is 4.79 Å². The smallest absolute Gasteiger partial charge is 0.278 e. The van der Waals surface area contributed by atoms with Gasteiger partial charge in [0.15, 0.2) is 6.04 Å². The number of carbonyl (C=O) groups is 2. The van der Waals surface area contributed by atoms with Crippen molar-refractivity contribution in [1.29, 1.82) is 0 Å². The predicted octanol–water partition coefficient (Wildman–Crippen LogP) is -2.28. The third-order valence-electron chi connectivity index (χ3n) is 3.54. The Hall–Kier alpha value is -2.08. The quantitative estimate of drug-likeness (QED) is 0.635. The van der Waals surface area contributed by atoms with Gasteiger partial charge < -0.3 is 24.9 Å². The first-order chi connectivity index (χ1) is 9.61. The third-order valence-corrected chi connectivity index (χ3v) is 3.54. The molecule has 1 unspecified atom stereocenters. The summed E-state index contributed by atoms with van der Waals surface area (Å²) >= 11 is 0. The highest BCUT2D eigenvalue weighted by atomic mass is 16.5. The van der Waals surface area contributed by atoms with Crippen molar-refractivity contribution in [3.8, 4) is 5.75 Å². The highest BCUT2D eigenvalue weighted by molar-refractivity contribution is 5.84. The molecule has 6 heteroatoms. The van der Waals surface area contributed by atoms with Crippen molar-refractivity contribution < 1.29 is 24.3 Å². The van der Waals surface area contributed by atoms with Crippen molar-refractivity contribution in [1.82, 2.24) is 5.32 Å². The number of para-hydroxylation sites is 1. The zero-order chi connectivity index (χ0) is 14.5. The largest absolute Gasteiger partial charge is 0.550 e. The molecule has 1 aromatic carbocycles. The first-order valence-electron chi connectivity index (χ1n) is 6.56. The number of carbonyl (C=O) groups excluding carboxylic acids is 2. The maximum absolute atomic E-state index is 11.8. The Bertz CT molecular complexity index is 504. The van der Waals surface area contributed by atoms with Gasteiger partial charge in [0.05, 0.1) is 20.2 Å². The number of ether oxygens (including phenoxy) is 1. The highest BCUT2D eigenvalue weighted by Gasteiger charge is 2.33. The molecule has 0 radical (unpaired) electrons. The van der Waals surface area contributed by atoms with E-state index in [2.05, 4.69) is 5.32 Å². The van der Waals surface area contributed by atoms with Crippen LogP contribution >= 0.6 is 0 Å². The normalized spacial score (nSPS) is 22.1. The topological polar surface area (TPSA) is 82.9 Å². The Morgan fingerprint density at radius 2 is 2.25 bits per heavy atom. The molecule has 1 amide bonds. The Balaban J connectivity index is 2.16. The Kier molecular flexibility index (Phi) is 4.57. The molecule has 20 heavy (non-hydrogen) atoms. The zero-order valence-corrected chi connectivity index (χ0v) is 11.3. The Morgan fingerprint density at radius 1 is 1.50 bits per heavy atom. The van der Waals surface area contributed by atoms with E-state index < -0.39 is 12.0 Å². The van der Waals surface area contributed by atoms with Crippen molar-refractivity contribution in [3.63, 3.8) is 0 Å². The second-order valence-corrected chi connectivity index (χ2v) is 4.82. The number of hydrogen-bond donors (Lipinski definition) is 2. The maximum atomic E-state index is 11.8. The van der Waals surface area contributed by atoms with E-state index in [1.54, 1.807) is 7.11 Å². The van der Waals surface area contributed by atoms with Crippen molar-refractivity contribution in [2.24, 2.45) is 0 Å². The van der Waals surface area contributed by atoms with E-state index in [-0.39, 0.29) is 12.3 Å². The van der Waals surface area contributed by atoms with Gasteiger partial charge in [-0.05, 0) is 12.1 Å². The lowest BCUT2D eigenvalue weighted by molar-refractivity contribution is -0.930. The summed E-state index contributed by atoms with van der Waals surface area (Å²) in [5, 5.41) is 13.5. The maximum Gasteiger partial charge on any atom is 0.278 e. The second kappa shape index (κ2) is 6.38. The van der Waals surface area contributed by atoms with E-state index in [0.717, 1.165) is 16.2 Å². The van der Waals surface area contributed by atoms with Crippen molar-refractivity contribution in [2.45, 2.75) is 19.0 Å². The van der Waals surface area contributed by atoms with Crippen LogP contribution in [0, 0.1) is 0 Å². The molecule has 0 aromatic heterocycles. The van der Waals surface area contributed by atoms with E-state index in [4.69, 9.17) is 4.74 Å². The number of benzene rings is 1. The minimum absolute atomic E-state index is 0.231. The van der Waals surface area contributed by atoms with E-state index in [0.29, 0.717) is 19.6 Å². The first kappa shape index (κ1) is 14.3. The molecular weight excluding hydrogens is 260 g/mol. The molecule has 2 N–H and O–H groups in total. The molecule has 108 valence electrons. The number of amides is 1. The highest BCUT2D eigenvalue weighted by Crippen LogP contribution is 2.16. The van der Waals surface area contributed by atoms with Crippen LogP contribution in [0.2, 0.25) is 0 Å². The number of hydrogen-bond acceptors (Lipinski definition) is 4. The van der Waals surface area contributed by atoms with Crippen LogP contribution in [0.25, 0.3) is 0 Å². The number of methoxy groups -OCH3 is 1. The molecule has 6 nitrogen and oxygen atoms in total. The monoisotopic (exact) mass is 278 g/mol. The summed E-state index contributed by atoms with van der Waals surface area (Å²) in [6.45, 7) is 1.78. The fraction of sp³-hybridized carbons (Fsp3) is 0.429. The van der Waals surface area contributed by atoms with Gasteiger partial charge in [0, 0.05) is 18.0 Å². The third kappa shape index (κ3) is 3.27.